The maximum absolute atomic E-state index is 10.7. The summed E-state index contributed by atoms with van der Waals surface area (Å²) in [5.41, 5.74) is 0.647. The molecular formula is C11H9N3O2. The molecule has 1 aromatic carbocycles. The maximum atomic E-state index is 10.7. The molecule has 0 spiro atoms. The van der Waals surface area contributed by atoms with Crippen molar-refractivity contribution in [2.24, 2.45) is 0 Å². The van der Waals surface area contributed by atoms with Gasteiger partial charge in [-0.25, -0.2) is 4.98 Å². The number of para-hydroxylation sites is 1. The lowest BCUT2D eigenvalue weighted by Crippen LogP contribution is -1.90. The molecule has 5 heteroatoms. The second kappa shape index (κ2) is 4.39. The number of nitrogens with one attached hydrogen (secondary N) is 1. The van der Waals surface area contributed by atoms with E-state index in [1.807, 2.05) is 0 Å². The molecule has 0 aliphatic carbocycles. The fourth-order valence-electron chi connectivity index (χ4n) is 1.33. The van der Waals surface area contributed by atoms with Gasteiger partial charge in [0.1, 0.15) is 5.82 Å². The summed E-state index contributed by atoms with van der Waals surface area (Å²) >= 11 is 0. The summed E-state index contributed by atoms with van der Waals surface area (Å²) in [5.74, 6) is 0.665. The Hall–Kier alpha value is -2.43. The largest absolute Gasteiger partial charge is 0.345 e. The highest BCUT2D eigenvalue weighted by Crippen LogP contribution is 2.19. The standard InChI is InChI=1S/C11H9N3O2/c15-14(16)10-4-2-1-3-9(10)5-6-11-12-7-8-13-11/h1-8H,(H,12,13)/b6-5+. The molecule has 0 radical (unpaired) electrons. The molecule has 0 fully saturated rings. The second-order valence-electron chi connectivity index (χ2n) is 3.12. The van der Waals surface area contributed by atoms with Crippen LogP contribution in [0.2, 0.25) is 0 Å². The number of imidazole rings is 1. The summed E-state index contributed by atoms with van der Waals surface area (Å²) in [7, 11) is 0. The van der Waals surface area contributed by atoms with Crippen molar-refractivity contribution in [2.75, 3.05) is 0 Å². The first-order valence-corrected chi connectivity index (χ1v) is 4.68. The summed E-state index contributed by atoms with van der Waals surface area (Å²) in [5, 5.41) is 10.7. The molecule has 0 amide bonds. The first-order valence-electron chi connectivity index (χ1n) is 4.68. The third kappa shape index (κ3) is 2.14. The summed E-state index contributed by atoms with van der Waals surface area (Å²) in [6.07, 6.45) is 6.68. The SMILES string of the molecule is O=[N+]([O-])c1ccccc1/C=C/c1ncc[nH]1. The Balaban J connectivity index is 2.31. The van der Waals surface area contributed by atoms with Gasteiger partial charge in [0.15, 0.2) is 0 Å². The Kier molecular flexibility index (Phi) is 2.77. The van der Waals surface area contributed by atoms with Crippen LogP contribution in [-0.4, -0.2) is 14.9 Å². The number of aromatic amines is 1. The second-order valence-corrected chi connectivity index (χ2v) is 3.12. The van der Waals surface area contributed by atoms with E-state index in [0.29, 0.717) is 11.4 Å². The molecule has 80 valence electrons. The van der Waals surface area contributed by atoms with E-state index in [-0.39, 0.29) is 5.69 Å². The smallest absolute Gasteiger partial charge is 0.276 e. The number of H-pyrrole nitrogens is 1. The fourth-order valence-corrected chi connectivity index (χ4v) is 1.33. The van der Waals surface area contributed by atoms with Crippen LogP contribution in [0.5, 0.6) is 0 Å². The number of benzene rings is 1. The number of aromatic nitrogens is 2. The van der Waals surface area contributed by atoms with E-state index in [9.17, 15) is 10.1 Å². The highest BCUT2D eigenvalue weighted by Gasteiger charge is 2.08. The van der Waals surface area contributed by atoms with E-state index in [1.165, 1.54) is 6.07 Å². The van der Waals surface area contributed by atoms with Crippen LogP contribution in [0.25, 0.3) is 12.2 Å². The number of rotatable bonds is 3. The molecular weight excluding hydrogens is 206 g/mol. The van der Waals surface area contributed by atoms with Crippen molar-refractivity contribution in [3.8, 4) is 0 Å². The topological polar surface area (TPSA) is 71.8 Å². The van der Waals surface area contributed by atoms with Gasteiger partial charge >= 0.3 is 0 Å². The molecule has 5 nitrogen and oxygen atoms in total. The van der Waals surface area contributed by atoms with Crippen molar-refractivity contribution in [2.45, 2.75) is 0 Å². The van der Waals surface area contributed by atoms with Gasteiger partial charge in [-0.2, -0.15) is 0 Å². The van der Waals surface area contributed by atoms with E-state index in [4.69, 9.17) is 0 Å². The van der Waals surface area contributed by atoms with Crippen LogP contribution in [-0.2, 0) is 0 Å². The van der Waals surface area contributed by atoms with E-state index in [0.717, 1.165) is 0 Å². The number of nitro groups is 1. The average molecular weight is 215 g/mol. The molecule has 0 saturated carbocycles. The normalized spacial score (nSPS) is 10.8. The summed E-state index contributed by atoms with van der Waals surface area (Å²) in [6.45, 7) is 0. The van der Waals surface area contributed by atoms with Crippen LogP contribution >= 0.6 is 0 Å². The van der Waals surface area contributed by atoms with Crippen LogP contribution in [0.15, 0.2) is 36.7 Å². The lowest BCUT2D eigenvalue weighted by molar-refractivity contribution is -0.385. The molecule has 2 rings (SSSR count). The Morgan fingerprint density at radius 1 is 1.31 bits per heavy atom. The minimum Gasteiger partial charge on any atom is -0.345 e. The van der Waals surface area contributed by atoms with E-state index < -0.39 is 4.92 Å². The average Bonchev–Trinajstić information content (AvgIpc) is 2.79. The predicted molar refractivity (Wildman–Crippen MR) is 60.6 cm³/mol. The number of hydrogen-bond donors (Lipinski definition) is 1. The molecule has 2 aromatic rings. The van der Waals surface area contributed by atoms with Gasteiger partial charge in [0.05, 0.1) is 10.5 Å². The van der Waals surface area contributed by atoms with Gasteiger partial charge in [-0.3, -0.25) is 10.1 Å². The Morgan fingerprint density at radius 2 is 2.12 bits per heavy atom. The number of nitrogens with zero attached hydrogens (tertiary/aromatic N) is 2. The molecule has 0 aliphatic heterocycles. The molecule has 0 bridgehead atoms. The van der Waals surface area contributed by atoms with E-state index in [2.05, 4.69) is 9.97 Å². The molecule has 0 atom stereocenters. The molecule has 1 N–H and O–H groups in total. The molecule has 0 aliphatic rings. The number of hydrogen-bond acceptors (Lipinski definition) is 3. The van der Waals surface area contributed by atoms with Gasteiger partial charge in [-0.15, -0.1) is 0 Å². The van der Waals surface area contributed by atoms with Gasteiger partial charge in [0, 0.05) is 18.5 Å². The van der Waals surface area contributed by atoms with Gasteiger partial charge in [-0.05, 0) is 18.2 Å². The lowest BCUT2D eigenvalue weighted by Gasteiger charge is -1.95. The maximum Gasteiger partial charge on any atom is 0.276 e. The van der Waals surface area contributed by atoms with Crippen LogP contribution in [0, 0.1) is 10.1 Å². The first kappa shape index (κ1) is 10.1. The zero-order valence-corrected chi connectivity index (χ0v) is 8.33. The predicted octanol–water partition coefficient (Wildman–Crippen LogP) is 2.49. The van der Waals surface area contributed by atoms with Gasteiger partial charge in [-0.1, -0.05) is 12.1 Å². The van der Waals surface area contributed by atoms with Crippen LogP contribution in [0.4, 0.5) is 5.69 Å². The highest BCUT2D eigenvalue weighted by molar-refractivity contribution is 5.71. The third-order valence-corrected chi connectivity index (χ3v) is 2.07. The van der Waals surface area contributed by atoms with Crippen LogP contribution < -0.4 is 0 Å². The van der Waals surface area contributed by atoms with Crippen molar-refractivity contribution in [1.29, 1.82) is 0 Å². The van der Waals surface area contributed by atoms with Crippen molar-refractivity contribution >= 4 is 17.8 Å². The minimum atomic E-state index is -0.401. The Morgan fingerprint density at radius 3 is 2.81 bits per heavy atom. The van der Waals surface area contributed by atoms with E-state index in [1.54, 1.807) is 42.7 Å². The minimum absolute atomic E-state index is 0.0882. The van der Waals surface area contributed by atoms with Crippen LogP contribution in [0.3, 0.4) is 0 Å². The van der Waals surface area contributed by atoms with Crippen molar-refractivity contribution < 1.29 is 4.92 Å². The van der Waals surface area contributed by atoms with Crippen molar-refractivity contribution in [3.05, 3.63) is 58.2 Å². The molecule has 16 heavy (non-hydrogen) atoms. The summed E-state index contributed by atoms with van der Waals surface area (Å²) in [6, 6.07) is 6.57. The molecule has 0 unspecified atom stereocenters. The highest BCUT2D eigenvalue weighted by atomic mass is 16.6. The van der Waals surface area contributed by atoms with Crippen molar-refractivity contribution in [1.82, 2.24) is 9.97 Å². The van der Waals surface area contributed by atoms with Gasteiger partial charge in [0.2, 0.25) is 0 Å². The monoisotopic (exact) mass is 215 g/mol. The van der Waals surface area contributed by atoms with Crippen molar-refractivity contribution in [3.63, 3.8) is 0 Å². The molecule has 0 saturated heterocycles. The zero-order valence-electron chi connectivity index (χ0n) is 8.33. The Bertz CT molecular complexity index is 518. The molecule has 1 aromatic heterocycles. The molecule has 1 heterocycles. The van der Waals surface area contributed by atoms with Gasteiger partial charge < -0.3 is 4.98 Å². The third-order valence-electron chi connectivity index (χ3n) is 2.07. The quantitative estimate of drug-likeness (QED) is 0.631. The van der Waals surface area contributed by atoms with Crippen LogP contribution in [0.1, 0.15) is 11.4 Å². The Labute approximate surface area is 91.6 Å². The van der Waals surface area contributed by atoms with E-state index >= 15 is 0 Å². The van der Waals surface area contributed by atoms with Gasteiger partial charge in [0.25, 0.3) is 5.69 Å². The summed E-state index contributed by atoms with van der Waals surface area (Å²) < 4.78 is 0. The zero-order chi connectivity index (χ0) is 11.4. The first-order chi connectivity index (χ1) is 7.77. The summed E-state index contributed by atoms with van der Waals surface area (Å²) in [4.78, 5) is 17.2. The fraction of sp³-hybridized carbons (Fsp3) is 0. The lowest BCUT2D eigenvalue weighted by atomic mass is 10.1. The number of nitro benzene ring substituents is 1.